The SMILES string of the molecule is CC(=O)Nc1ccc2c(c1)OCc1cc(-c3cccc4c3CN(C)C4=O)nn1C2. The molecule has 29 heavy (non-hydrogen) atoms. The lowest BCUT2D eigenvalue weighted by Crippen LogP contribution is -2.17. The molecule has 0 bridgehead atoms. The van der Waals surface area contributed by atoms with E-state index in [1.807, 2.05) is 54.2 Å². The maximum Gasteiger partial charge on any atom is 0.254 e. The van der Waals surface area contributed by atoms with Crippen molar-refractivity contribution in [2.45, 2.75) is 26.6 Å². The standard InChI is InChI=1S/C22H20N4O3/c1-13(27)23-15-7-6-14-10-26-16(12-29-21(14)8-15)9-20(24-26)17-4-3-5-18-19(17)11-25(2)22(18)28/h3-9H,10-12H2,1-2H3,(H,23,27). The van der Waals surface area contributed by atoms with E-state index in [2.05, 4.69) is 5.32 Å². The second kappa shape index (κ2) is 6.48. The minimum atomic E-state index is -0.115. The minimum absolute atomic E-state index is 0.0508. The Morgan fingerprint density at radius 1 is 1.14 bits per heavy atom. The summed E-state index contributed by atoms with van der Waals surface area (Å²) in [7, 11) is 1.81. The molecule has 1 aromatic heterocycles. The number of nitrogens with one attached hydrogen (secondary N) is 1. The number of ether oxygens (including phenoxy) is 1. The molecule has 3 aromatic rings. The molecule has 2 aliphatic heterocycles. The molecule has 0 fully saturated rings. The van der Waals surface area contributed by atoms with Crippen LogP contribution in [-0.2, 0) is 24.5 Å². The van der Waals surface area contributed by atoms with Crippen LogP contribution in [0.1, 0.15) is 34.1 Å². The lowest BCUT2D eigenvalue weighted by atomic mass is 10.0. The number of carbonyl (C=O) groups is 2. The fraction of sp³-hybridized carbons (Fsp3) is 0.227. The van der Waals surface area contributed by atoms with Gasteiger partial charge in [-0.15, -0.1) is 0 Å². The second-order valence-electron chi connectivity index (χ2n) is 7.46. The summed E-state index contributed by atoms with van der Waals surface area (Å²) in [6.07, 6.45) is 0. The second-order valence-corrected chi connectivity index (χ2v) is 7.46. The van der Waals surface area contributed by atoms with E-state index < -0.39 is 0 Å². The average Bonchev–Trinajstić information content (AvgIpc) is 3.16. The van der Waals surface area contributed by atoms with Crippen LogP contribution in [0.15, 0.2) is 42.5 Å². The number of hydrogen-bond acceptors (Lipinski definition) is 4. The predicted molar refractivity (Wildman–Crippen MR) is 108 cm³/mol. The first-order valence-electron chi connectivity index (χ1n) is 9.47. The Balaban J connectivity index is 1.49. The molecule has 0 spiro atoms. The Kier molecular flexibility index (Phi) is 3.91. The van der Waals surface area contributed by atoms with Crippen molar-refractivity contribution >= 4 is 17.5 Å². The summed E-state index contributed by atoms with van der Waals surface area (Å²) in [6, 6.07) is 13.5. The van der Waals surface area contributed by atoms with E-state index in [4.69, 9.17) is 9.84 Å². The van der Waals surface area contributed by atoms with Crippen molar-refractivity contribution in [1.29, 1.82) is 0 Å². The van der Waals surface area contributed by atoms with Crippen molar-refractivity contribution in [1.82, 2.24) is 14.7 Å². The van der Waals surface area contributed by atoms with Gasteiger partial charge in [0, 0.05) is 49.0 Å². The first kappa shape index (κ1) is 17.5. The topological polar surface area (TPSA) is 76.5 Å². The number of anilines is 1. The molecule has 0 unspecified atom stereocenters. The van der Waals surface area contributed by atoms with Crippen LogP contribution < -0.4 is 10.1 Å². The van der Waals surface area contributed by atoms with Gasteiger partial charge in [0.1, 0.15) is 12.4 Å². The van der Waals surface area contributed by atoms with Gasteiger partial charge in [0.15, 0.2) is 0 Å². The zero-order valence-electron chi connectivity index (χ0n) is 16.2. The van der Waals surface area contributed by atoms with E-state index in [0.29, 0.717) is 25.4 Å². The third-order valence-electron chi connectivity index (χ3n) is 5.37. The van der Waals surface area contributed by atoms with Gasteiger partial charge in [-0.1, -0.05) is 18.2 Å². The number of nitrogens with zero attached hydrogens (tertiary/aromatic N) is 3. The van der Waals surface area contributed by atoms with Crippen molar-refractivity contribution in [3.63, 3.8) is 0 Å². The Morgan fingerprint density at radius 2 is 1.97 bits per heavy atom. The van der Waals surface area contributed by atoms with Crippen LogP contribution in [0.5, 0.6) is 5.75 Å². The number of amides is 2. The smallest absolute Gasteiger partial charge is 0.254 e. The van der Waals surface area contributed by atoms with Gasteiger partial charge in [-0.05, 0) is 23.8 Å². The summed E-state index contributed by atoms with van der Waals surface area (Å²) in [6.45, 7) is 3.05. The molecule has 0 atom stereocenters. The van der Waals surface area contributed by atoms with E-state index in [1.165, 1.54) is 6.92 Å². The number of carbonyl (C=O) groups excluding carboxylic acids is 2. The van der Waals surface area contributed by atoms with Crippen LogP contribution in [0.25, 0.3) is 11.3 Å². The molecule has 2 aliphatic rings. The van der Waals surface area contributed by atoms with E-state index in [1.54, 1.807) is 4.90 Å². The van der Waals surface area contributed by atoms with Gasteiger partial charge < -0.3 is 15.0 Å². The van der Waals surface area contributed by atoms with Crippen LogP contribution in [0, 0.1) is 0 Å². The predicted octanol–water partition coefficient (Wildman–Crippen LogP) is 3.03. The van der Waals surface area contributed by atoms with Crippen LogP contribution >= 0.6 is 0 Å². The summed E-state index contributed by atoms with van der Waals surface area (Å²) in [5.41, 5.74) is 6.29. The normalized spacial score (nSPS) is 14.6. The molecule has 2 aromatic carbocycles. The van der Waals surface area contributed by atoms with Crippen molar-refractivity contribution in [2.75, 3.05) is 12.4 Å². The van der Waals surface area contributed by atoms with Crippen molar-refractivity contribution < 1.29 is 14.3 Å². The van der Waals surface area contributed by atoms with E-state index in [-0.39, 0.29) is 11.8 Å². The quantitative estimate of drug-likeness (QED) is 0.732. The molecule has 7 heteroatoms. The summed E-state index contributed by atoms with van der Waals surface area (Å²) in [5.74, 6) is 0.682. The molecule has 2 amide bonds. The average molecular weight is 388 g/mol. The molecule has 0 radical (unpaired) electrons. The lowest BCUT2D eigenvalue weighted by molar-refractivity contribution is -0.114. The number of aromatic nitrogens is 2. The van der Waals surface area contributed by atoms with Gasteiger partial charge in [0.2, 0.25) is 5.91 Å². The van der Waals surface area contributed by atoms with Crippen molar-refractivity contribution in [2.24, 2.45) is 0 Å². The molecule has 1 N–H and O–H groups in total. The molecule has 146 valence electrons. The van der Waals surface area contributed by atoms with Gasteiger partial charge in [-0.25, -0.2) is 0 Å². The highest BCUT2D eigenvalue weighted by molar-refractivity contribution is 6.00. The van der Waals surface area contributed by atoms with Crippen molar-refractivity contribution in [3.8, 4) is 17.0 Å². The highest BCUT2D eigenvalue weighted by atomic mass is 16.5. The van der Waals surface area contributed by atoms with Gasteiger partial charge in [0.25, 0.3) is 5.91 Å². The zero-order valence-corrected chi connectivity index (χ0v) is 16.2. The maximum absolute atomic E-state index is 12.3. The molecule has 0 saturated heterocycles. The molecule has 3 heterocycles. The summed E-state index contributed by atoms with van der Waals surface area (Å²) in [5, 5.41) is 7.59. The molecule has 0 aliphatic carbocycles. The number of hydrogen-bond donors (Lipinski definition) is 1. The first-order chi connectivity index (χ1) is 14.0. The largest absolute Gasteiger partial charge is 0.487 e. The molecule has 5 rings (SSSR count). The number of fused-ring (bicyclic) bond motifs is 3. The summed E-state index contributed by atoms with van der Waals surface area (Å²) < 4.78 is 7.94. The lowest BCUT2D eigenvalue weighted by Gasteiger charge is -2.10. The maximum atomic E-state index is 12.3. The van der Waals surface area contributed by atoms with Gasteiger partial charge >= 0.3 is 0 Å². The first-order valence-corrected chi connectivity index (χ1v) is 9.47. The van der Waals surface area contributed by atoms with E-state index in [9.17, 15) is 9.59 Å². The van der Waals surface area contributed by atoms with Crippen LogP contribution in [0.3, 0.4) is 0 Å². The number of benzene rings is 2. The Morgan fingerprint density at radius 3 is 2.79 bits per heavy atom. The molecule has 0 saturated carbocycles. The fourth-order valence-corrected chi connectivity index (χ4v) is 3.97. The van der Waals surface area contributed by atoms with Gasteiger partial charge in [-0.3, -0.25) is 14.3 Å². The summed E-state index contributed by atoms with van der Waals surface area (Å²) >= 11 is 0. The Hall–Kier alpha value is -3.61. The Bertz CT molecular complexity index is 1160. The minimum Gasteiger partial charge on any atom is -0.487 e. The highest BCUT2D eigenvalue weighted by Crippen LogP contribution is 2.34. The molecule has 7 nitrogen and oxygen atoms in total. The third-order valence-corrected chi connectivity index (χ3v) is 5.37. The molecular formula is C22H20N4O3. The third kappa shape index (κ3) is 2.95. The van der Waals surface area contributed by atoms with E-state index in [0.717, 1.165) is 39.4 Å². The highest BCUT2D eigenvalue weighted by Gasteiger charge is 2.28. The zero-order chi connectivity index (χ0) is 20.1. The van der Waals surface area contributed by atoms with Crippen LogP contribution in [0.2, 0.25) is 0 Å². The van der Waals surface area contributed by atoms with Crippen LogP contribution in [0.4, 0.5) is 5.69 Å². The molecular weight excluding hydrogens is 368 g/mol. The van der Waals surface area contributed by atoms with Crippen LogP contribution in [-0.4, -0.2) is 33.5 Å². The monoisotopic (exact) mass is 388 g/mol. The number of rotatable bonds is 2. The summed E-state index contributed by atoms with van der Waals surface area (Å²) in [4.78, 5) is 25.3. The van der Waals surface area contributed by atoms with Gasteiger partial charge in [-0.2, -0.15) is 5.10 Å². The Labute approximate surface area is 167 Å². The van der Waals surface area contributed by atoms with Crippen molar-refractivity contribution in [3.05, 3.63) is 64.8 Å². The van der Waals surface area contributed by atoms with Gasteiger partial charge in [0.05, 0.1) is 17.9 Å². The fourth-order valence-electron chi connectivity index (χ4n) is 3.97. The van der Waals surface area contributed by atoms with E-state index >= 15 is 0 Å².